The van der Waals surface area contributed by atoms with Crippen molar-refractivity contribution in [2.45, 2.75) is 76.4 Å². The monoisotopic (exact) mass is 366 g/mol. The summed E-state index contributed by atoms with van der Waals surface area (Å²) < 4.78 is 0. The first-order chi connectivity index (χ1) is 12.8. The number of hydrogen-bond acceptors (Lipinski definition) is 1. The van der Waals surface area contributed by atoms with Gasteiger partial charge in [0.2, 0.25) is 0 Å². The van der Waals surface area contributed by atoms with Crippen LogP contribution in [0.25, 0.3) is 0 Å². The molecule has 3 fully saturated rings. The molecule has 1 aromatic carbocycles. The minimum atomic E-state index is -0.455. The summed E-state index contributed by atoms with van der Waals surface area (Å²) in [5.74, 6) is 1.73. The zero-order chi connectivity index (χ0) is 17.8. The summed E-state index contributed by atoms with van der Waals surface area (Å²) in [4.78, 5) is 2.85. The van der Waals surface area contributed by atoms with Crippen molar-refractivity contribution in [1.82, 2.24) is 4.90 Å². The van der Waals surface area contributed by atoms with E-state index in [1.54, 1.807) is 5.19 Å². The van der Waals surface area contributed by atoms with Crippen molar-refractivity contribution in [3.8, 4) is 0 Å². The highest BCUT2D eigenvalue weighted by Gasteiger charge is 2.37. The van der Waals surface area contributed by atoms with Crippen LogP contribution in [-0.4, -0.2) is 32.8 Å². The lowest BCUT2D eigenvalue weighted by Gasteiger charge is -2.47. The van der Waals surface area contributed by atoms with Gasteiger partial charge < -0.3 is 0 Å². The Morgan fingerprint density at radius 1 is 0.962 bits per heavy atom. The van der Waals surface area contributed by atoms with E-state index in [0.717, 1.165) is 17.9 Å². The molecule has 0 amide bonds. The second kappa shape index (κ2) is 8.88. The standard InChI is InChI=1S/C24H36NSi/c1-26(22-12-6-3-7-13-22)19-23-21(18-20-10-4-2-5-11-20)15-17-25-16-9-8-14-24(23)25/h3,6-7,12-13,18,20,23-24H,2,4-5,8-11,14-17,19H2,1H3/b21-18+/t23-,24+/m0/s1. The lowest BCUT2D eigenvalue weighted by molar-refractivity contribution is 0.0944. The quantitative estimate of drug-likeness (QED) is 0.509. The summed E-state index contributed by atoms with van der Waals surface area (Å²) >= 11 is 0. The second-order valence-corrected chi connectivity index (χ2v) is 11.5. The van der Waals surface area contributed by atoms with Crippen LogP contribution in [0.5, 0.6) is 0 Å². The Morgan fingerprint density at radius 2 is 1.73 bits per heavy atom. The van der Waals surface area contributed by atoms with Gasteiger partial charge in [-0.2, -0.15) is 0 Å². The second-order valence-electron chi connectivity index (χ2n) is 8.95. The predicted octanol–water partition coefficient (Wildman–Crippen LogP) is 5.40. The van der Waals surface area contributed by atoms with E-state index in [0.29, 0.717) is 0 Å². The third kappa shape index (κ3) is 4.34. The number of rotatable bonds is 4. The number of piperidine rings is 2. The first-order valence-corrected chi connectivity index (χ1v) is 13.3. The molecule has 0 bridgehead atoms. The molecule has 0 N–H and O–H groups in total. The van der Waals surface area contributed by atoms with Crippen molar-refractivity contribution < 1.29 is 0 Å². The molecular formula is C24H36NSi. The van der Waals surface area contributed by atoms with Crippen LogP contribution in [0.2, 0.25) is 12.6 Å². The molecule has 1 saturated carbocycles. The SMILES string of the molecule is C[Si](C[C@H]1/C(=C/C2CCCCC2)CCN2CCCC[C@H]12)c1ccccc1. The third-order valence-corrected chi connectivity index (χ3v) is 9.56. The van der Waals surface area contributed by atoms with Gasteiger partial charge >= 0.3 is 0 Å². The van der Waals surface area contributed by atoms with Gasteiger partial charge in [-0.1, -0.05) is 79.4 Å². The van der Waals surface area contributed by atoms with E-state index in [1.807, 2.05) is 5.57 Å². The number of fused-ring (bicyclic) bond motifs is 1. The molecule has 2 heteroatoms. The van der Waals surface area contributed by atoms with Crippen LogP contribution in [-0.2, 0) is 0 Å². The van der Waals surface area contributed by atoms with Crippen LogP contribution in [0, 0.1) is 11.8 Å². The Bertz CT molecular complexity index is 589. The molecular weight excluding hydrogens is 330 g/mol. The Labute approximate surface area is 162 Å². The van der Waals surface area contributed by atoms with Crippen molar-refractivity contribution in [3.63, 3.8) is 0 Å². The molecule has 26 heavy (non-hydrogen) atoms. The summed E-state index contributed by atoms with van der Waals surface area (Å²) in [5, 5.41) is 1.63. The highest BCUT2D eigenvalue weighted by molar-refractivity contribution is 6.72. The summed E-state index contributed by atoms with van der Waals surface area (Å²) in [6, 6.07) is 13.7. The summed E-state index contributed by atoms with van der Waals surface area (Å²) in [7, 11) is -0.455. The highest BCUT2D eigenvalue weighted by Crippen LogP contribution is 2.39. The van der Waals surface area contributed by atoms with Gasteiger partial charge in [0.1, 0.15) is 0 Å². The largest absolute Gasteiger partial charge is 0.299 e. The minimum absolute atomic E-state index is 0.455. The van der Waals surface area contributed by atoms with E-state index < -0.39 is 8.80 Å². The normalized spacial score (nSPS) is 29.8. The average molecular weight is 367 g/mol. The summed E-state index contributed by atoms with van der Waals surface area (Å²) in [5.41, 5.74) is 1.86. The van der Waals surface area contributed by atoms with Crippen molar-refractivity contribution >= 4 is 14.0 Å². The molecule has 2 atom stereocenters. The topological polar surface area (TPSA) is 3.24 Å². The maximum atomic E-state index is 2.85. The van der Waals surface area contributed by atoms with Gasteiger partial charge in [0.25, 0.3) is 0 Å². The lowest BCUT2D eigenvalue weighted by Crippen LogP contribution is -2.50. The Hall–Kier alpha value is -0.863. The molecule has 3 aliphatic rings. The van der Waals surface area contributed by atoms with Crippen molar-refractivity contribution in [3.05, 3.63) is 42.0 Å². The summed E-state index contributed by atoms with van der Waals surface area (Å²) in [6.45, 7) is 5.24. The minimum Gasteiger partial charge on any atom is -0.299 e. The van der Waals surface area contributed by atoms with Crippen LogP contribution in [0.3, 0.4) is 0 Å². The Morgan fingerprint density at radius 3 is 2.54 bits per heavy atom. The van der Waals surface area contributed by atoms with Gasteiger partial charge in [-0.05, 0) is 56.5 Å². The summed E-state index contributed by atoms with van der Waals surface area (Å²) in [6.07, 6.45) is 15.7. The first-order valence-electron chi connectivity index (χ1n) is 11.1. The molecule has 2 heterocycles. The number of hydrogen-bond donors (Lipinski definition) is 0. The molecule has 1 radical (unpaired) electrons. The van der Waals surface area contributed by atoms with Crippen LogP contribution < -0.4 is 5.19 Å². The van der Waals surface area contributed by atoms with Crippen LogP contribution in [0.15, 0.2) is 42.0 Å². The fraction of sp³-hybridized carbons (Fsp3) is 0.667. The molecule has 0 spiro atoms. The smallest absolute Gasteiger partial charge is 0.0830 e. The molecule has 0 unspecified atom stereocenters. The van der Waals surface area contributed by atoms with Crippen LogP contribution >= 0.6 is 0 Å². The van der Waals surface area contributed by atoms with Crippen LogP contribution in [0.1, 0.15) is 57.8 Å². The maximum absolute atomic E-state index is 2.85. The zero-order valence-corrected chi connectivity index (χ0v) is 17.6. The molecule has 1 aromatic rings. The maximum Gasteiger partial charge on any atom is 0.0830 e. The third-order valence-electron chi connectivity index (χ3n) is 7.18. The number of benzene rings is 1. The van der Waals surface area contributed by atoms with Gasteiger partial charge in [0, 0.05) is 12.6 Å². The fourth-order valence-corrected chi connectivity index (χ4v) is 7.89. The average Bonchev–Trinajstić information content (AvgIpc) is 2.71. The highest BCUT2D eigenvalue weighted by atomic mass is 28.3. The number of allylic oxidation sites excluding steroid dienone is 1. The van der Waals surface area contributed by atoms with Crippen molar-refractivity contribution in [2.75, 3.05) is 13.1 Å². The fourth-order valence-electron chi connectivity index (χ4n) is 5.70. The molecule has 2 aliphatic heterocycles. The predicted molar refractivity (Wildman–Crippen MR) is 114 cm³/mol. The van der Waals surface area contributed by atoms with Crippen molar-refractivity contribution in [2.24, 2.45) is 11.8 Å². The zero-order valence-electron chi connectivity index (χ0n) is 16.6. The molecule has 141 valence electrons. The first kappa shape index (κ1) is 18.5. The van der Waals surface area contributed by atoms with E-state index >= 15 is 0 Å². The van der Waals surface area contributed by atoms with E-state index in [4.69, 9.17) is 0 Å². The van der Waals surface area contributed by atoms with E-state index in [9.17, 15) is 0 Å². The molecule has 1 aliphatic carbocycles. The molecule has 1 nitrogen and oxygen atoms in total. The van der Waals surface area contributed by atoms with Crippen molar-refractivity contribution in [1.29, 1.82) is 0 Å². The lowest BCUT2D eigenvalue weighted by atomic mass is 9.78. The molecule has 0 aromatic heterocycles. The molecule has 4 rings (SSSR count). The number of nitrogens with zero attached hydrogens (tertiary/aromatic N) is 1. The van der Waals surface area contributed by atoms with E-state index in [2.05, 4.69) is 47.9 Å². The van der Waals surface area contributed by atoms with Gasteiger partial charge in [-0.15, -0.1) is 0 Å². The van der Waals surface area contributed by atoms with E-state index in [1.165, 1.54) is 76.9 Å². The van der Waals surface area contributed by atoms with Gasteiger partial charge in [0.05, 0.1) is 8.80 Å². The van der Waals surface area contributed by atoms with Crippen LogP contribution in [0.4, 0.5) is 0 Å². The Balaban J connectivity index is 1.54. The van der Waals surface area contributed by atoms with Gasteiger partial charge in [0.15, 0.2) is 0 Å². The molecule has 2 saturated heterocycles. The van der Waals surface area contributed by atoms with E-state index in [-0.39, 0.29) is 0 Å². The van der Waals surface area contributed by atoms with Gasteiger partial charge in [-0.3, -0.25) is 4.90 Å². The van der Waals surface area contributed by atoms with Gasteiger partial charge in [-0.25, -0.2) is 0 Å². The Kier molecular flexibility index (Phi) is 6.32.